The van der Waals surface area contributed by atoms with Crippen molar-refractivity contribution in [1.82, 2.24) is 5.32 Å². The monoisotopic (exact) mass is 334 g/mol. The Kier molecular flexibility index (Phi) is 8.75. The minimum atomic E-state index is -4.49. The van der Waals surface area contributed by atoms with Crippen molar-refractivity contribution in [3.8, 4) is 0 Å². The number of carbonyl (C=O) groups excluding carboxylic acids is 1. The fourth-order valence-electron chi connectivity index (χ4n) is 1.62. The summed E-state index contributed by atoms with van der Waals surface area (Å²) >= 11 is 0. The molecule has 0 fully saturated rings. The number of pyridine rings is 1. The number of allylic oxidation sites excluding steroid dienone is 1. The summed E-state index contributed by atoms with van der Waals surface area (Å²) in [4.78, 5) is 11.1. The molecule has 0 unspecified atom stereocenters. The van der Waals surface area contributed by atoms with Gasteiger partial charge in [0.1, 0.15) is 0 Å². The smallest absolute Gasteiger partial charge is 0.383 e. The van der Waals surface area contributed by atoms with Crippen LogP contribution >= 0.6 is 0 Å². The number of hydrogen-bond donors (Lipinski definition) is 3. The number of alkyl halides is 3. The molecule has 1 rings (SSSR count). The van der Waals surface area contributed by atoms with Crippen LogP contribution in [0.15, 0.2) is 24.3 Å². The maximum atomic E-state index is 11.8. The minimum Gasteiger partial charge on any atom is -0.383 e. The van der Waals surface area contributed by atoms with Gasteiger partial charge in [0.2, 0.25) is 17.3 Å². The van der Waals surface area contributed by atoms with Gasteiger partial charge < -0.3 is 10.6 Å². The van der Waals surface area contributed by atoms with Gasteiger partial charge in [-0.25, -0.2) is 0 Å². The fraction of sp³-hybridized carbons (Fsp3) is 0.467. The summed E-state index contributed by atoms with van der Waals surface area (Å²) in [5.74, 6) is -0.803. The van der Waals surface area contributed by atoms with Crippen LogP contribution < -0.4 is 15.4 Å². The van der Waals surface area contributed by atoms with E-state index in [2.05, 4.69) is 10.6 Å². The lowest BCUT2D eigenvalue weighted by atomic mass is 10.3. The van der Waals surface area contributed by atoms with E-state index in [-0.39, 0.29) is 12.6 Å². The first-order chi connectivity index (χ1) is 10.7. The summed E-state index contributed by atoms with van der Waals surface area (Å²) < 4.78 is 36.5. The third-order valence-electron chi connectivity index (χ3n) is 2.57. The molecule has 1 aromatic rings. The van der Waals surface area contributed by atoms with Gasteiger partial charge in [-0.15, -0.1) is 0 Å². The van der Waals surface area contributed by atoms with Gasteiger partial charge in [-0.2, -0.15) is 13.2 Å². The van der Waals surface area contributed by atoms with Gasteiger partial charge in [0, 0.05) is 61.6 Å². The largest absolute Gasteiger partial charge is 0.409 e. The molecule has 1 amide bonds. The first kappa shape index (κ1) is 20.8. The SMILES string of the molecule is CC.Cc1cc(NCCNC(=O)/C=C/C(F)(F)F)cc(C)[n+]1O. The third kappa shape index (κ3) is 8.70. The predicted molar refractivity (Wildman–Crippen MR) is 81.3 cm³/mol. The number of anilines is 1. The number of nitrogens with zero attached hydrogens (tertiary/aromatic N) is 1. The quantitative estimate of drug-likeness (QED) is 0.335. The van der Waals surface area contributed by atoms with Crippen molar-refractivity contribution < 1.29 is 27.9 Å². The number of amides is 1. The zero-order valence-corrected chi connectivity index (χ0v) is 13.7. The summed E-state index contributed by atoms with van der Waals surface area (Å²) in [5.41, 5.74) is 2.01. The van der Waals surface area contributed by atoms with Gasteiger partial charge in [0.25, 0.3) is 0 Å². The fourth-order valence-corrected chi connectivity index (χ4v) is 1.62. The Balaban J connectivity index is 0.00000232. The molecule has 0 aliphatic rings. The summed E-state index contributed by atoms with van der Waals surface area (Å²) in [6, 6.07) is 3.41. The Bertz CT molecular complexity index is 520. The van der Waals surface area contributed by atoms with Crippen molar-refractivity contribution in [1.29, 1.82) is 0 Å². The standard InChI is InChI=1S/C13H16F3N3O2.C2H6/c1-9-7-11(8-10(2)19(9)21)17-5-6-18-12(20)3-4-13(14,15)16;1-2/h3-4,7-8,21H,5-6H2,1-2H3,(H,18,20);1-2H3/p+1/b4-3+;. The highest BCUT2D eigenvalue weighted by Crippen LogP contribution is 2.15. The van der Waals surface area contributed by atoms with Crippen molar-refractivity contribution in [3.05, 3.63) is 35.7 Å². The molecule has 0 spiro atoms. The van der Waals surface area contributed by atoms with Gasteiger partial charge >= 0.3 is 6.18 Å². The van der Waals surface area contributed by atoms with Crippen LogP contribution in [-0.4, -0.2) is 30.4 Å². The van der Waals surface area contributed by atoms with Crippen LogP contribution in [0.3, 0.4) is 0 Å². The molecular formula is C15H23F3N3O2+. The van der Waals surface area contributed by atoms with E-state index in [0.29, 0.717) is 24.0 Å². The maximum absolute atomic E-state index is 11.8. The lowest BCUT2D eigenvalue weighted by molar-refractivity contribution is -0.912. The van der Waals surface area contributed by atoms with Gasteiger partial charge in [0.05, 0.1) is 0 Å². The lowest BCUT2D eigenvalue weighted by Gasteiger charge is -2.07. The highest BCUT2D eigenvalue weighted by molar-refractivity contribution is 5.87. The number of hydrogen-bond acceptors (Lipinski definition) is 3. The molecule has 0 radical (unpaired) electrons. The van der Waals surface area contributed by atoms with Crippen LogP contribution in [0.1, 0.15) is 25.2 Å². The topological polar surface area (TPSA) is 65.2 Å². The van der Waals surface area contributed by atoms with Crippen LogP contribution in [0.25, 0.3) is 0 Å². The summed E-state index contributed by atoms with van der Waals surface area (Å²) in [6.45, 7) is 7.97. The van der Waals surface area contributed by atoms with E-state index in [1.165, 1.54) is 0 Å². The Morgan fingerprint density at radius 1 is 1.22 bits per heavy atom. The molecule has 0 aromatic carbocycles. The van der Waals surface area contributed by atoms with Crippen LogP contribution in [0.4, 0.5) is 18.9 Å². The zero-order chi connectivity index (χ0) is 18.0. The van der Waals surface area contributed by atoms with E-state index in [4.69, 9.17) is 0 Å². The van der Waals surface area contributed by atoms with E-state index >= 15 is 0 Å². The number of rotatable bonds is 5. The molecule has 1 aromatic heterocycles. The van der Waals surface area contributed by atoms with Gasteiger partial charge in [-0.05, 0) is 0 Å². The molecule has 23 heavy (non-hydrogen) atoms. The molecule has 0 aliphatic carbocycles. The van der Waals surface area contributed by atoms with E-state index in [1.807, 2.05) is 13.8 Å². The average Bonchev–Trinajstić information content (AvgIpc) is 2.48. The van der Waals surface area contributed by atoms with Crippen LogP contribution in [0.5, 0.6) is 0 Å². The molecule has 0 saturated carbocycles. The highest BCUT2D eigenvalue weighted by Gasteiger charge is 2.22. The van der Waals surface area contributed by atoms with Crippen molar-refractivity contribution >= 4 is 11.6 Å². The molecule has 0 saturated heterocycles. The van der Waals surface area contributed by atoms with Crippen molar-refractivity contribution in [2.24, 2.45) is 0 Å². The van der Waals surface area contributed by atoms with E-state index in [9.17, 15) is 23.2 Å². The Hall–Kier alpha value is -2.25. The van der Waals surface area contributed by atoms with E-state index < -0.39 is 12.1 Å². The molecule has 8 heteroatoms. The van der Waals surface area contributed by atoms with E-state index in [0.717, 1.165) is 10.4 Å². The third-order valence-corrected chi connectivity index (χ3v) is 2.57. The van der Waals surface area contributed by atoms with Crippen LogP contribution in [-0.2, 0) is 4.79 Å². The summed E-state index contributed by atoms with van der Waals surface area (Å²) in [6.07, 6.45) is -4.15. The van der Waals surface area contributed by atoms with Crippen LogP contribution in [0, 0.1) is 13.8 Å². The normalized spacial score (nSPS) is 10.9. The Morgan fingerprint density at radius 2 is 1.74 bits per heavy atom. The molecule has 5 nitrogen and oxygen atoms in total. The molecule has 0 aliphatic heterocycles. The van der Waals surface area contributed by atoms with Crippen LogP contribution in [0.2, 0.25) is 0 Å². The number of aryl methyl sites for hydroxylation is 2. The first-order valence-electron chi connectivity index (χ1n) is 7.19. The molecule has 3 N–H and O–H groups in total. The predicted octanol–water partition coefficient (Wildman–Crippen LogP) is 2.50. The number of carbonyl (C=O) groups is 1. The second-order valence-corrected chi connectivity index (χ2v) is 4.43. The molecule has 0 bridgehead atoms. The molecule has 1 heterocycles. The van der Waals surface area contributed by atoms with Gasteiger partial charge in [-0.1, -0.05) is 13.8 Å². The highest BCUT2D eigenvalue weighted by atomic mass is 19.4. The molecule has 130 valence electrons. The molecule has 0 atom stereocenters. The van der Waals surface area contributed by atoms with Gasteiger partial charge in [0.15, 0.2) is 0 Å². The second kappa shape index (κ2) is 9.70. The van der Waals surface area contributed by atoms with Crippen molar-refractivity contribution in [2.75, 3.05) is 18.4 Å². The zero-order valence-electron chi connectivity index (χ0n) is 13.7. The number of nitrogens with one attached hydrogen (secondary N) is 2. The van der Waals surface area contributed by atoms with E-state index in [1.54, 1.807) is 26.0 Å². The minimum absolute atomic E-state index is 0.111. The Labute approximate surface area is 133 Å². The summed E-state index contributed by atoms with van der Waals surface area (Å²) in [7, 11) is 0. The van der Waals surface area contributed by atoms with Crippen molar-refractivity contribution in [3.63, 3.8) is 0 Å². The number of aromatic nitrogens is 1. The van der Waals surface area contributed by atoms with Crippen molar-refractivity contribution in [2.45, 2.75) is 33.9 Å². The Morgan fingerprint density at radius 3 is 2.22 bits per heavy atom. The maximum Gasteiger partial charge on any atom is 0.409 e. The lowest BCUT2D eigenvalue weighted by Crippen LogP contribution is -2.37. The van der Waals surface area contributed by atoms with Gasteiger partial charge in [-0.3, -0.25) is 10.0 Å². The molecular weight excluding hydrogens is 311 g/mol. The summed E-state index contributed by atoms with van der Waals surface area (Å²) in [5, 5.41) is 14.9. The number of halogens is 3. The first-order valence-corrected chi connectivity index (χ1v) is 7.19. The second-order valence-electron chi connectivity index (χ2n) is 4.43. The average molecular weight is 334 g/mol.